The summed E-state index contributed by atoms with van der Waals surface area (Å²) in [7, 11) is 0. The van der Waals surface area contributed by atoms with E-state index in [0.717, 1.165) is 96.7 Å². The molecule has 0 aromatic heterocycles. The molecule has 2 bridgehead atoms. The van der Waals surface area contributed by atoms with Gasteiger partial charge in [0.2, 0.25) is 0 Å². The maximum absolute atomic E-state index is 15.2. The third-order valence-corrected chi connectivity index (χ3v) is 15.3. The standard InChI is InChI=1S/C61H101FN2O14/c1-4-7-10-13-15-17-26-45-72-52(65)29-20-22-31-54(67)74-47-59(50-77-57(70)60-35-38-61(62,39-36-60)40-37-60,48-75-55(68)32-23-21-30-53(66)73-46-27-18-16-14-11-8-5-2)49-76-56(69)34-33-51(28-19-12-9-6-3)78-58(71)63-41-44-64-42-24-25-43-64/h15-18,51H,4-14,19-50H2,1-3H3,(H,63,71)/b17-15-,18-16-. The number of unbranched alkanes of at least 4 members (excludes halogenated alkanes) is 11. The second-order valence-corrected chi connectivity index (χ2v) is 22.2. The van der Waals surface area contributed by atoms with Crippen LogP contribution in [0.15, 0.2) is 24.3 Å². The number of alkyl carbamates (subject to hydrolysis) is 1. The van der Waals surface area contributed by atoms with Crippen LogP contribution in [0.2, 0.25) is 0 Å². The molecule has 4 aliphatic rings. The topological polar surface area (TPSA) is 199 Å². The number of hydrogen-bond acceptors (Lipinski definition) is 15. The van der Waals surface area contributed by atoms with Crippen molar-refractivity contribution >= 4 is 41.9 Å². The lowest BCUT2D eigenvalue weighted by Gasteiger charge is -2.48. The van der Waals surface area contributed by atoms with E-state index in [1.165, 1.54) is 12.8 Å². The number of alkyl halides is 1. The highest BCUT2D eigenvalue weighted by atomic mass is 19.1. The van der Waals surface area contributed by atoms with Crippen LogP contribution < -0.4 is 5.32 Å². The molecule has 1 saturated heterocycles. The molecule has 4 fully saturated rings. The molecule has 3 aliphatic carbocycles. The number of nitrogens with one attached hydrogen (secondary N) is 1. The summed E-state index contributed by atoms with van der Waals surface area (Å²) in [6.45, 7) is 8.31. The second-order valence-electron chi connectivity index (χ2n) is 22.2. The molecule has 1 heterocycles. The molecule has 1 atom stereocenters. The summed E-state index contributed by atoms with van der Waals surface area (Å²) >= 11 is 0. The Balaban J connectivity index is 1.69. The van der Waals surface area contributed by atoms with E-state index >= 15 is 4.39 Å². The van der Waals surface area contributed by atoms with Crippen molar-refractivity contribution in [3.63, 3.8) is 0 Å². The molecule has 0 spiro atoms. The molecule has 446 valence electrons. The van der Waals surface area contributed by atoms with Crippen LogP contribution in [-0.2, 0) is 61.9 Å². The van der Waals surface area contributed by atoms with Crippen molar-refractivity contribution in [1.29, 1.82) is 0 Å². The first kappa shape index (κ1) is 67.7. The molecule has 1 aliphatic heterocycles. The molecule has 0 radical (unpaired) electrons. The summed E-state index contributed by atoms with van der Waals surface area (Å²) < 4.78 is 55.3. The highest BCUT2D eigenvalue weighted by Crippen LogP contribution is 2.54. The van der Waals surface area contributed by atoms with Crippen LogP contribution in [0.4, 0.5) is 9.18 Å². The molecule has 1 N–H and O–H groups in total. The van der Waals surface area contributed by atoms with Gasteiger partial charge in [0.15, 0.2) is 0 Å². The Morgan fingerprint density at radius 3 is 1.44 bits per heavy atom. The van der Waals surface area contributed by atoms with Gasteiger partial charge >= 0.3 is 41.9 Å². The Bertz CT molecular complexity index is 1710. The maximum atomic E-state index is 15.2. The van der Waals surface area contributed by atoms with Crippen LogP contribution >= 0.6 is 0 Å². The number of rotatable bonds is 45. The van der Waals surface area contributed by atoms with Crippen molar-refractivity contribution in [2.24, 2.45) is 10.8 Å². The number of halogens is 1. The Kier molecular flexibility index (Phi) is 35.3. The van der Waals surface area contributed by atoms with Gasteiger partial charge in [0.05, 0.1) is 18.6 Å². The van der Waals surface area contributed by atoms with Crippen molar-refractivity contribution < 1.29 is 71.1 Å². The summed E-state index contributed by atoms with van der Waals surface area (Å²) in [5.74, 6) is -3.16. The molecule has 1 amide bonds. The first-order valence-corrected chi connectivity index (χ1v) is 30.4. The predicted molar refractivity (Wildman–Crippen MR) is 297 cm³/mol. The fraction of sp³-hybridized carbons (Fsp3) is 0.820. The number of nitrogens with zero attached hydrogens (tertiary/aromatic N) is 1. The lowest BCUT2D eigenvalue weighted by atomic mass is 9.59. The van der Waals surface area contributed by atoms with Gasteiger partial charge in [-0.3, -0.25) is 28.8 Å². The van der Waals surface area contributed by atoms with E-state index in [0.29, 0.717) is 70.8 Å². The zero-order chi connectivity index (χ0) is 56.6. The van der Waals surface area contributed by atoms with Crippen LogP contribution in [0.25, 0.3) is 0 Å². The van der Waals surface area contributed by atoms with Crippen molar-refractivity contribution in [3.05, 3.63) is 24.3 Å². The maximum Gasteiger partial charge on any atom is 0.407 e. The smallest absolute Gasteiger partial charge is 0.407 e. The molecule has 3 saturated carbocycles. The molecular weight excluding hydrogens is 1000 g/mol. The normalized spacial score (nSPS) is 18.7. The number of amides is 1. The number of hydrogen-bond donors (Lipinski definition) is 1. The first-order chi connectivity index (χ1) is 37.7. The van der Waals surface area contributed by atoms with Gasteiger partial charge in [-0.1, -0.05) is 90.0 Å². The van der Waals surface area contributed by atoms with E-state index < -0.39 is 79.0 Å². The van der Waals surface area contributed by atoms with Gasteiger partial charge in [-0.2, -0.15) is 0 Å². The van der Waals surface area contributed by atoms with Crippen LogP contribution in [-0.4, -0.2) is 124 Å². The Hall–Kier alpha value is -4.54. The third-order valence-electron chi connectivity index (χ3n) is 15.3. The summed E-state index contributed by atoms with van der Waals surface area (Å²) in [5, 5.41) is 2.85. The Morgan fingerprint density at radius 1 is 0.513 bits per heavy atom. The fourth-order valence-electron chi connectivity index (χ4n) is 10.0. The zero-order valence-corrected chi connectivity index (χ0v) is 48.3. The quantitative estimate of drug-likeness (QED) is 0.0261. The number of ether oxygens (including phenoxy) is 7. The van der Waals surface area contributed by atoms with Gasteiger partial charge in [0.25, 0.3) is 0 Å². The minimum Gasteiger partial charge on any atom is -0.465 e. The van der Waals surface area contributed by atoms with Crippen LogP contribution in [0.5, 0.6) is 0 Å². The number of carbonyl (C=O) groups excluding carboxylic acids is 7. The van der Waals surface area contributed by atoms with Gasteiger partial charge < -0.3 is 43.4 Å². The number of allylic oxidation sites excluding steroid dienone is 2. The van der Waals surface area contributed by atoms with E-state index in [1.54, 1.807) is 0 Å². The number of likely N-dealkylation sites (tertiary alicyclic amines) is 1. The molecule has 1 unspecified atom stereocenters. The monoisotopic (exact) mass is 1100 g/mol. The van der Waals surface area contributed by atoms with E-state index in [1.807, 2.05) is 12.2 Å². The van der Waals surface area contributed by atoms with Crippen molar-refractivity contribution in [2.45, 2.75) is 244 Å². The molecule has 0 aromatic rings. The second kappa shape index (κ2) is 40.6. The fourth-order valence-corrected chi connectivity index (χ4v) is 10.0. The Labute approximate surface area is 467 Å². The van der Waals surface area contributed by atoms with E-state index in [2.05, 4.69) is 43.1 Å². The lowest BCUT2D eigenvalue weighted by molar-refractivity contribution is -0.181. The van der Waals surface area contributed by atoms with Gasteiger partial charge in [0.1, 0.15) is 43.6 Å². The SMILES string of the molecule is CCCCC/C=C\CCOC(=O)CCCCC(=O)OCC(COC(=O)CCCCC(=O)OCC/C=C\CCCCC)(COC(=O)CCC(CCCCCC)OC(=O)NCCN1CCCC1)COC(=O)C12CCC(F)(CC1)CC2. The molecule has 78 heavy (non-hydrogen) atoms. The van der Waals surface area contributed by atoms with Gasteiger partial charge in [-0.15, -0.1) is 0 Å². The van der Waals surface area contributed by atoms with E-state index in [9.17, 15) is 33.6 Å². The van der Waals surface area contributed by atoms with E-state index in [-0.39, 0.29) is 82.9 Å². The molecule has 0 aromatic carbocycles. The van der Waals surface area contributed by atoms with Crippen molar-refractivity contribution in [2.75, 3.05) is 65.8 Å². The lowest BCUT2D eigenvalue weighted by Crippen LogP contribution is -2.50. The average Bonchev–Trinajstić information content (AvgIpc) is 3.97. The third kappa shape index (κ3) is 30.2. The first-order valence-electron chi connectivity index (χ1n) is 30.4. The number of esters is 6. The van der Waals surface area contributed by atoms with Crippen LogP contribution in [0.3, 0.4) is 0 Å². The van der Waals surface area contributed by atoms with Crippen molar-refractivity contribution in [3.8, 4) is 0 Å². The average molecular weight is 1110 g/mol. The molecule has 16 nitrogen and oxygen atoms in total. The summed E-state index contributed by atoms with van der Waals surface area (Å²) in [6, 6.07) is 0. The highest BCUT2D eigenvalue weighted by molar-refractivity contribution is 5.77. The van der Waals surface area contributed by atoms with Gasteiger partial charge in [-0.25, -0.2) is 9.18 Å². The number of fused-ring (bicyclic) bond motifs is 3. The predicted octanol–water partition coefficient (Wildman–Crippen LogP) is 12.4. The van der Waals surface area contributed by atoms with E-state index in [4.69, 9.17) is 33.2 Å². The van der Waals surface area contributed by atoms with Crippen LogP contribution in [0.1, 0.15) is 233 Å². The van der Waals surface area contributed by atoms with Crippen molar-refractivity contribution in [1.82, 2.24) is 10.2 Å². The highest BCUT2D eigenvalue weighted by Gasteiger charge is 2.54. The Morgan fingerprint density at radius 2 is 0.949 bits per heavy atom. The zero-order valence-electron chi connectivity index (χ0n) is 48.3. The molecule has 4 rings (SSSR count). The summed E-state index contributed by atoms with van der Waals surface area (Å²) in [4.78, 5) is 94.5. The molecular formula is C61H101FN2O14. The summed E-state index contributed by atoms with van der Waals surface area (Å²) in [5.41, 5.74) is -3.75. The number of carbonyl (C=O) groups is 7. The largest absolute Gasteiger partial charge is 0.465 e. The van der Waals surface area contributed by atoms with Crippen LogP contribution in [0, 0.1) is 10.8 Å². The van der Waals surface area contributed by atoms with Gasteiger partial charge in [-0.05, 0) is 148 Å². The van der Waals surface area contributed by atoms with Gasteiger partial charge in [0, 0.05) is 45.2 Å². The summed E-state index contributed by atoms with van der Waals surface area (Å²) in [6.07, 6.45) is 27.2. The molecule has 17 heteroatoms. The minimum atomic E-state index is -1.56. The minimum absolute atomic E-state index is 0.0546.